The van der Waals surface area contributed by atoms with Gasteiger partial charge in [-0.15, -0.1) is 11.3 Å². The van der Waals surface area contributed by atoms with Crippen LogP contribution in [0, 0.1) is 6.92 Å². The first-order valence-electron chi connectivity index (χ1n) is 30.5. The fourth-order valence-corrected chi connectivity index (χ4v) is 15.6. The molecule has 0 atom stereocenters. The number of aryl methyl sites for hydroxylation is 1. The van der Waals surface area contributed by atoms with E-state index in [1.807, 2.05) is 11.3 Å². The Labute approximate surface area is 506 Å². The molecule has 2 aromatic heterocycles. The number of para-hydroxylation sites is 3. The van der Waals surface area contributed by atoms with Crippen molar-refractivity contribution in [1.82, 2.24) is 0 Å². The van der Waals surface area contributed by atoms with Gasteiger partial charge in [-0.05, 0) is 170 Å². The summed E-state index contributed by atoms with van der Waals surface area (Å²) < 4.78 is 9.78. The highest BCUT2D eigenvalue weighted by molar-refractivity contribution is 7.33. The van der Waals surface area contributed by atoms with Crippen molar-refractivity contribution in [1.29, 1.82) is 0 Å². The quantitative estimate of drug-likeness (QED) is 0.148. The van der Waals surface area contributed by atoms with Crippen molar-refractivity contribution in [2.75, 3.05) is 14.7 Å². The van der Waals surface area contributed by atoms with Crippen LogP contribution in [0.25, 0.3) is 54.3 Å². The number of furan rings is 1. The Morgan fingerprint density at radius 3 is 1.79 bits per heavy atom. The Morgan fingerprint density at radius 2 is 1.08 bits per heavy atom. The Balaban J connectivity index is 1.06. The number of benzene rings is 10. The Bertz CT molecular complexity index is 4650. The molecule has 4 heterocycles. The molecular formula is C79H72BN3OS. The zero-order valence-electron chi connectivity index (χ0n) is 50.9. The molecule has 15 rings (SSSR count). The lowest BCUT2D eigenvalue weighted by molar-refractivity contribution is 0.332. The number of anilines is 9. The minimum absolute atomic E-state index is 0.00839. The van der Waals surface area contributed by atoms with Crippen LogP contribution in [0.2, 0.25) is 0 Å². The Hall–Kier alpha value is -8.58. The van der Waals surface area contributed by atoms with Crippen molar-refractivity contribution in [3.63, 3.8) is 0 Å². The lowest BCUT2D eigenvalue weighted by Gasteiger charge is -2.46. The molecule has 6 heteroatoms. The molecule has 12 aromatic rings. The first-order valence-corrected chi connectivity index (χ1v) is 31.3. The summed E-state index contributed by atoms with van der Waals surface area (Å²) >= 11 is 1.97. The third-order valence-electron chi connectivity index (χ3n) is 19.1. The van der Waals surface area contributed by atoms with Crippen molar-refractivity contribution in [3.8, 4) is 22.3 Å². The van der Waals surface area contributed by atoms with Crippen LogP contribution < -0.4 is 30.4 Å². The Morgan fingerprint density at radius 1 is 0.482 bits per heavy atom. The summed E-state index contributed by atoms with van der Waals surface area (Å²) in [6.07, 6.45) is 2.27. The van der Waals surface area contributed by atoms with Crippen molar-refractivity contribution in [3.05, 3.63) is 240 Å². The second-order valence-corrected chi connectivity index (χ2v) is 28.7. The van der Waals surface area contributed by atoms with Crippen molar-refractivity contribution < 1.29 is 4.42 Å². The summed E-state index contributed by atoms with van der Waals surface area (Å²) in [7, 11) is 0. The fourth-order valence-electron chi connectivity index (χ4n) is 14.3. The number of nitrogens with zero attached hydrogens (tertiary/aromatic N) is 3. The van der Waals surface area contributed by atoms with Crippen LogP contribution in [-0.2, 0) is 21.7 Å². The summed E-state index contributed by atoms with van der Waals surface area (Å²) in [6.45, 7) is 26.0. The van der Waals surface area contributed by atoms with Gasteiger partial charge in [-0.2, -0.15) is 0 Å². The molecule has 0 N–H and O–H groups in total. The second-order valence-electron chi connectivity index (χ2n) is 27.7. The minimum Gasteiger partial charge on any atom is -0.454 e. The molecule has 10 aromatic carbocycles. The number of hydrogen-bond acceptors (Lipinski definition) is 5. The van der Waals surface area contributed by atoms with E-state index >= 15 is 0 Å². The molecule has 85 heavy (non-hydrogen) atoms. The van der Waals surface area contributed by atoms with Gasteiger partial charge in [-0.3, -0.25) is 0 Å². The molecule has 0 radical (unpaired) electrons. The third kappa shape index (κ3) is 8.52. The van der Waals surface area contributed by atoms with Gasteiger partial charge in [0.15, 0.2) is 5.58 Å². The van der Waals surface area contributed by atoms with Gasteiger partial charge >= 0.3 is 0 Å². The number of thiophene rings is 1. The van der Waals surface area contributed by atoms with Crippen LogP contribution in [0.3, 0.4) is 0 Å². The van der Waals surface area contributed by atoms with Gasteiger partial charge in [0.1, 0.15) is 5.58 Å². The van der Waals surface area contributed by atoms with E-state index in [-0.39, 0.29) is 28.4 Å². The zero-order valence-corrected chi connectivity index (χ0v) is 51.7. The zero-order chi connectivity index (χ0) is 58.5. The molecule has 0 saturated heterocycles. The van der Waals surface area contributed by atoms with Crippen molar-refractivity contribution >= 4 is 117 Å². The summed E-state index contributed by atoms with van der Waals surface area (Å²) in [5.41, 5.74) is 26.0. The van der Waals surface area contributed by atoms with Crippen molar-refractivity contribution in [2.24, 2.45) is 0 Å². The third-order valence-corrected chi connectivity index (χ3v) is 20.3. The van der Waals surface area contributed by atoms with E-state index in [0.29, 0.717) is 0 Å². The van der Waals surface area contributed by atoms with Crippen LogP contribution in [-0.4, -0.2) is 6.71 Å². The maximum absolute atomic E-state index is 7.13. The summed E-state index contributed by atoms with van der Waals surface area (Å²) in [5, 5.41) is 3.51. The SMILES string of the molecule is Cc1cc2c3c(c1)N(c1cccc4c1oc1ccccc14)c1cc(N(c4ccc(C(C)(C)C)cc4)c4ccccc4-c4ccccc4)ccc1B3c1sc3ccc(C(C)(C)C)cc3c1N2c1cc2c(cc1-c1ccccc1)C(C)(C)CCC2(C)C. The average Bonchev–Trinajstić information content (AvgIpc) is 1.71. The largest absolute Gasteiger partial charge is 0.454 e. The molecule has 0 bridgehead atoms. The van der Waals surface area contributed by atoms with Crippen LogP contribution in [0.15, 0.2) is 217 Å². The first kappa shape index (κ1) is 53.2. The smallest absolute Gasteiger partial charge is 0.264 e. The second kappa shape index (κ2) is 19.2. The lowest BCUT2D eigenvalue weighted by atomic mass is 9.36. The predicted octanol–water partition coefficient (Wildman–Crippen LogP) is 20.9. The lowest BCUT2D eigenvalue weighted by Crippen LogP contribution is -2.60. The van der Waals surface area contributed by atoms with Gasteiger partial charge < -0.3 is 19.1 Å². The highest BCUT2D eigenvalue weighted by atomic mass is 32.1. The molecule has 0 spiro atoms. The fraction of sp³-hybridized carbons (Fsp3) is 0.215. The van der Waals surface area contributed by atoms with E-state index in [4.69, 9.17) is 4.42 Å². The summed E-state index contributed by atoms with van der Waals surface area (Å²) in [5.74, 6) is 0. The van der Waals surface area contributed by atoms with Gasteiger partial charge in [0, 0.05) is 65.2 Å². The molecule has 0 unspecified atom stereocenters. The van der Waals surface area contributed by atoms with Crippen LogP contribution in [0.4, 0.5) is 51.2 Å². The minimum atomic E-state index is -0.105. The number of hydrogen-bond donors (Lipinski definition) is 0. The maximum atomic E-state index is 7.13. The van der Waals surface area contributed by atoms with E-state index in [1.54, 1.807) is 0 Å². The van der Waals surface area contributed by atoms with E-state index in [1.165, 1.54) is 87.4 Å². The van der Waals surface area contributed by atoms with E-state index in [9.17, 15) is 0 Å². The molecule has 3 aliphatic rings. The van der Waals surface area contributed by atoms with Crippen LogP contribution >= 0.6 is 11.3 Å². The van der Waals surface area contributed by atoms with Gasteiger partial charge in [0.05, 0.1) is 22.7 Å². The van der Waals surface area contributed by atoms with E-state index in [0.717, 1.165) is 74.5 Å². The van der Waals surface area contributed by atoms with Crippen molar-refractivity contribution in [2.45, 2.75) is 111 Å². The standard InChI is InChI=1S/C79H72BN3OS/c1-49-43-68-72-69(44-49)83(66-48-62-61(78(8,9)41-42-79(62,10)11)47-59(66)51-25-16-13-17-26-51)73-60-45-53(77(5,6)7)35-40-71(60)85-75(73)80(72)63-39-38-55(46-67(63)82(68)65-31-22-29-58-57-28-19-21-32-70(57)84-74(58)65)81(54-36-33-52(34-37-54)76(2,3)4)64-30-20-18-27-56(64)50-23-14-12-15-24-50/h12-40,43-48H,41-42H2,1-11H3. The molecule has 2 aliphatic heterocycles. The molecule has 0 fully saturated rings. The molecular weight excluding hydrogens is 1050 g/mol. The normalized spacial score (nSPS) is 15.0. The summed E-state index contributed by atoms with van der Waals surface area (Å²) in [6, 6.07) is 80.3. The summed E-state index contributed by atoms with van der Waals surface area (Å²) in [4.78, 5) is 7.78. The van der Waals surface area contributed by atoms with Crippen LogP contribution in [0.1, 0.15) is 110 Å². The molecule has 418 valence electrons. The monoisotopic (exact) mass is 1120 g/mol. The van der Waals surface area contributed by atoms with Gasteiger partial charge in [-0.25, -0.2) is 0 Å². The van der Waals surface area contributed by atoms with Gasteiger partial charge in [-0.1, -0.05) is 203 Å². The molecule has 4 nitrogen and oxygen atoms in total. The molecule has 0 amide bonds. The molecule has 1 aliphatic carbocycles. The Kier molecular flexibility index (Phi) is 12.0. The predicted molar refractivity (Wildman–Crippen MR) is 366 cm³/mol. The first-order chi connectivity index (χ1) is 40.8. The highest BCUT2D eigenvalue weighted by Crippen LogP contribution is 2.56. The average molecular weight is 1120 g/mol. The van der Waals surface area contributed by atoms with Gasteiger partial charge in [0.2, 0.25) is 0 Å². The molecule has 0 saturated carbocycles. The van der Waals surface area contributed by atoms with E-state index in [2.05, 4.69) is 303 Å². The highest BCUT2D eigenvalue weighted by Gasteiger charge is 2.48. The van der Waals surface area contributed by atoms with E-state index < -0.39 is 0 Å². The topological polar surface area (TPSA) is 22.9 Å². The maximum Gasteiger partial charge on any atom is 0.264 e. The van der Waals surface area contributed by atoms with Crippen LogP contribution in [0.5, 0.6) is 0 Å². The number of rotatable bonds is 7. The number of fused-ring (bicyclic) bond motifs is 10. The van der Waals surface area contributed by atoms with Gasteiger partial charge in [0.25, 0.3) is 6.71 Å².